The minimum Gasteiger partial charge on any atom is -0.496 e. The van der Waals surface area contributed by atoms with Gasteiger partial charge in [0, 0.05) is 23.1 Å². The third-order valence-electron chi connectivity index (χ3n) is 4.63. The fourth-order valence-corrected chi connectivity index (χ4v) is 3.26. The van der Waals surface area contributed by atoms with E-state index >= 15 is 0 Å². The number of hydrogen-bond donors (Lipinski definition) is 0. The van der Waals surface area contributed by atoms with Crippen LogP contribution >= 0.6 is 0 Å². The van der Waals surface area contributed by atoms with Crippen LogP contribution in [0.1, 0.15) is 24.0 Å². The summed E-state index contributed by atoms with van der Waals surface area (Å²) in [5, 5.41) is 0. The van der Waals surface area contributed by atoms with E-state index in [2.05, 4.69) is 37.3 Å². The van der Waals surface area contributed by atoms with Crippen molar-refractivity contribution >= 4 is 0 Å². The molecule has 0 N–H and O–H groups in total. The first-order valence-corrected chi connectivity index (χ1v) is 8.56. The molecule has 26 heavy (non-hydrogen) atoms. The summed E-state index contributed by atoms with van der Waals surface area (Å²) in [6, 6.07) is 23.6. The lowest BCUT2D eigenvalue weighted by atomic mass is 9.86. The molecule has 3 heteroatoms. The third-order valence-corrected chi connectivity index (χ3v) is 4.63. The zero-order valence-electron chi connectivity index (χ0n) is 15.6. The highest BCUT2D eigenvalue weighted by Crippen LogP contribution is 2.46. The second-order valence-corrected chi connectivity index (χ2v) is 6.02. The molecule has 3 rings (SSSR count). The Labute approximate surface area is 155 Å². The molecule has 3 aromatic carbocycles. The monoisotopic (exact) mass is 347 g/mol. The Morgan fingerprint density at radius 1 is 0.808 bits per heavy atom. The van der Waals surface area contributed by atoms with Crippen molar-refractivity contribution in [2.75, 3.05) is 21.3 Å². The molecule has 1 atom stereocenters. The van der Waals surface area contributed by atoms with Gasteiger partial charge in [0.05, 0.1) is 21.3 Å². The van der Waals surface area contributed by atoms with Crippen molar-refractivity contribution < 1.29 is 14.2 Å². The Bertz CT molecular complexity index is 872. The van der Waals surface area contributed by atoms with Gasteiger partial charge in [-0.25, -0.2) is 0 Å². The van der Waals surface area contributed by atoms with Crippen molar-refractivity contribution in [1.29, 1.82) is 0 Å². The van der Waals surface area contributed by atoms with Crippen LogP contribution in [0.5, 0.6) is 17.2 Å². The fraction of sp³-hybridized carbons (Fsp3) is 0.217. The summed E-state index contributed by atoms with van der Waals surface area (Å²) in [5.41, 5.74) is 4.27. The maximum Gasteiger partial charge on any atom is 0.169 e. The molecule has 0 spiro atoms. The quantitative estimate of drug-likeness (QED) is 0.603. The zero-order chi connectivity index (χ0) is 18.5. The summed E-state index contributed by atoms with van der Waals surface area (Å²) in [6.07, 6.45) is 0. The van der Waals surface area contributed by atoms with Gasteiger partial charge in [0.25, 0.3) is 0 Å². The van der Waals surface area contributed by atoms with Gasteiger partial charge in [-0.15, -0.1) is 0 Å². The van der Waals surface area contributed by atoms with Crippen molar-refractivity contribution in [2.45, 2.75) is 12.8 Å². The second kappa shape index (κ2) is 7.96. The lowest BCUT2D eigenvalue weighted by molar-refractivity contribution is 0.354. The van der Waals surface area contributed by atoms with Gasteiger partial charge in [0.15, 0.2) is 11.5 Å². The molecule has 0 bridgehead atoms. The first kappa shape index (κ1) is 17.9. The van der Waals surface area contributed by atoms with Crippen LogP contribution in [-0.4, -0.2) is 21.3 Å². The van der Waals surface area contributed by atoms with Gasteiger partial charge in [-0.2, -0.15) is 0 Å². The van der Waals surface area contributed by atoms with Crippen LogP contribution in [0.4, 0.5) is 0 Å². The summed E-state index contributed by atoms with van der Waals surface area (Å²) >= 11 is 0. The fourth-order valence-electron chi connectivity index (χ4n) is 3.26. The van der Waals surface area contributed by atoms with Crippen molar-refractivity contribution in [1.82, 2.24) is 0 Å². The van der Waals surface area contributed by atoms with E-state index in [4.69, 9.17) is 14.2 Å². The molecule has 1 unspecified atom stereocenters. The van der Waals surface area contributed by atoms with Crippen molar-refractivity contribution in [3.05, 3.63) is 77.9 Å². The van der Waals surface area contributed by atoms with Gasteiger partial charge in [0.1, 0.15) is 5.75 Å². The minimum atomic E-state index is 0.159. The Balaban J connectivity index is 2.28. The molecule has 0 amide bonds. The Morgan fingerprint density at radius 2 is 1.50 bits per heavy atom. The van der Waals surface area contributed by atoms with E-state index in [0.29, 0.717) is 11.5 Å². The van der Waals surface area contributed by atoms with Crippen LogP contribution in [-0.2, 0) is 0 Å². The van der Waals surface area contributed by atoms with Crippen molar-refractivity contribution in [3.8, 4) is 28.4 Å². The van der Waals surface area contributed by atoms with Crippen LogP contribution in [0.2, 0.25) is 0 Å². The molecule has 3 aromatic rings. The lowest BCUT2D eigenvalue weighted by Crippen LogP contribution is -2.03. The van der Waals surface area contributed by atoms with E-state index in [9.17, 15) is 0 Å². The van der Waals surface area contributed by atoms with Gasteiger partial charge >= 0.3 is 0 Å². The molecule has 0 aliphatic heterocycles. The smallest absolute Gasteiger partial charge is 0.169 e. The third kappa shape index (κ3) is 3.25. The Morgan fingerprint density at radius 3 is 2.15 bits per heavy atom. The van der Waals surface area contributed by atoms with E-state index in [0.717, 1.165) is 22.4 Å². The van der Waals surface area contributed by atoms with Crippen LogP contribution in [0, 0.1) is 6.07 Å². The molecule has 0 fully saturated rings. The first-order valence-electron chi connectivity index (χ1n) is 8.56. The number of para-hydroxylation sites is 1. The topological polar surface area (TPSA) is 27.7 Å². The maximum absolute atomic E-state index is 5.74. The lowest BCUT2D eigenvalue weighted by Gasteiger charge is -2.22. The zero-order valence-corrected chi connectivity index (χ0v) is 15.6. The van der Waals surface area contributed by atoms with E-state index in [1.165, 1.54) is 5.56 Å². The highest BCUT2D eigenvalue weighted by Gasteiger charge is 2.23. The average molecular weight is 347 g/mol. The highest BCUT2D eigenvalue weighted by molar-refractivity contribution is 5.82. The van der Waals surface area contributed by atoms with Gasteiger partial charge in [-0.1, -0.05) is 55.5 Å². The van der Waals surface area contributed by atoms with E-state index in [-0.39, 0.29) is 5.92 Å². The molecule has 0 aromatic heterocycles. The molecule has 0 aliphatic carbocycles. The minimum absolute atomic E-state index is 0.159. The molecule has 0 heterocycles. The largest absolute Gasteiger partial charge is 0.496 e. The Hall–Kier alpha value is -2.94. The normalized spacial score (nSPS) is 11.7. The molecule has 3 nitrogen and oxygen atoms in total. The Kier molecular flexibility index (Phi) is 5.47. The predicted octanol–water partition coefficient (Wildman–Crippen LogP) is 5.33. The molecule has 1 radical (unpaired) electrons. The van der Waals surface area contributed by atoms with E-state index < -0.39 is 0 Å². The molecule has 0 saturated heterocycles. The molecule has 0 saturated carbocycles. The summed E-state index contributed by atoms with van der Waals surface area (Å²) in [5.74, 6) is 2.20. The SMILES string of the molecule is COc1[c]cc(C(C)c2ccccc2)c(-c2ccccc2OC)c1OC. The number of methoxy groups -OCH3 is 3. The molecular formula is C23H23O3. The standard InChI is InChI=1S/C23H23O3/c1-16(17-10-6-5-7-11-17)18-14-15-21(25-3)23(26-4)22(18)19-12-8-9-13-20(19)24-2/h5-14,16H,1-4H3. The molecular weight excluding hydrogens is 324 g/mol. The van der Waals surface area contributed by atoms with Crippen LogP contribution < -0.4 is 14.2 Å². The summed E-state index contributed by atoms with van der Waals surface area (Å²) < 4.78 is 16.8. The van der Waals surface area contributed by atoms with E-state index in [1.54, 1.807) is 21.3 Å². The van der Waals surface area contributed by atoms with Crippen LogP contribution in [0.25, 0.3) is 11.1 Å². The average Bonchev–Trinajstić information content (AvgIpc) is 2.72. The predicted molar refractivity (Wildman–Crippen MR) is 104 cm³/mol. The number of rotatable bonds is 6. The van der Waals surface area contributed by atoms with Gasteiger partial charge in [0.2, 0.25) is 0 Å². The van der Waals surface area contributed by atoms with Gasteiger partial charge in [-0.3, -0.25) is 0 Å². The highest BCUT2D eigenvalue weighted by atomic mass is 16.5. The van der Waals surface area contributed by atoms with Crippen LogP contribution in [0.15, 0.2) is 60.7 Å². The summed E-state index contributed by atoms with van der Waals surface area (Å²) in [4.78, 5) is 0. The van der Waals surface area contributed by atoms with Crippen molar-refractivity contribution in [3.63, 3.8) is 0 Å². The summed E-state index contributed by atoms with van der Waals surface area (Å²) in [7, 11) is 4.96. The van der Waals surface area contributed by atoms with Gasteiger partial charge < -0.3 is 14.2 Å². The molecule has 0 aliphatic rings. The van der Waals surface area contributed by atoms with Crippen molar-refractivity contribution in [2.24, 2.45) is 0 Å². The van der Waals surface area contributed by atoms with Crippen LogP contribution in [0.3, 0.4) is 0 Å². The van der Waals surface area contributed by atoms with Gasteiger partial charge in [-0.05, 0) is 23.3 Å². The summed E-state index contributed by atoms with van der Waals surface area (Å²) in [6.45, 7) is 2.18. The number of ether oxygens (including phenoxy) is 3. The number of hydrogen-bond acceptors (Lipinski definition) is 3. The second-order valence-electron chi connectivity index (χ2n) is 6.02. The molecule has 133 valence electrons. The number of benzene rings is 3. The maximum atomic E-state index is 5.74. The van der Waals surface area contributed by atoms with E-state index in [1.807, 2.05) is 36.4 Å². The first-order chi connectivity index (χ1) is 12.7.